The summed E-state index contributed by atoms with van der Waals surface area (Å²) in [7, 11) is 1.24. The Bertz CT molecular complexity index is 308. The van der Waals surface area contributed by atoms with E-state index >= 15 is 0 Å². The topological polar surface area (TPSA) is 29.5 Å². The highest BCUT2D eigenvalue weighted by atomic mass is 19.4. The Labute approximate surface area is 98.2 Å². The number of methoxy groups -OCH3 is 1. The monoisotopic (exact) mass is 251 g/mol. The van der Waals surface area contributed by atoms with Crippen molar-refractivity contribution >= 4 is 5.97 Å². The third kappa shape index (κ3) is 5.21. The van der Waals surface area contributed by atoms with Gasteiger partial charge in [-0.3, -0.25) is 4.90 Å². The third-order valence-corrected chi connectivity index (χ3v) is 2.58. The Balaban J connectivity index is 2.53. The van der Waals surface area contributed by atoms with Crippen LogP contribution >= 0.6 is 0 Å². The van der Waals surface area contributed by atoms with Crippen molar-refractivity contribution in [3.8, 4) is 0 Å². The molecule has 17 heavy (non-hydrogen) atoms. The lowest BCUT2D eigenvalue weighted by molar-refractivity contribution is -0.145. The predicted molar refractivity (Wildman–Crippen MR) is 56.4 cm³/mol. The number of nitrogens with zero attached hydrogens (tertiary/aromatic N) is 1. The highest BCUT2D eigenvalue weighted by Crippen LogP contribution is 2.29. The van der Waals surface area contributed by atoms with Gasteiger partial charge >= 0.3 is 12.1 Å². The van der Waals surface area contributed by atoms with Crippen LogP contribution < -0.4 is 0 Å². The van der Waals surface area contributed by atoms with E-state index in [1.54, 1.807) is 0 Å². The number of halogens is 3. The van der Waals surface area contributed by atoms with Gasteiger partial charge in [-0.1, -0.05) is 6.08 Å². The van der Waals surface area contributed by atoms with Crippen LogP contribution in [0.1, 0.15) is 19.8 Å². The van der Waals surface area contributed by atoms with Gasteiger partial charge in [-0.05, 0) is 19.8 Å². The average molecular weight is 251 g/mol. The van der Waals surface area contributed by atoms with Gasteiger partial charge in [0.05, 0.1) is 13.7 Å². The number of hydrogen-bond donors (Lipinski definition) is 0. The minimum atomic E-state index is -4.20. The number of rotatable bonds is 5. The van der Waals surface area contributed by atoms with Gasteiger partial charge in [-0.15, -0.1) is 0 Å². The normalized spacial score (nSPS) is 17.4. The molecule has 0 aromatic rings. The number of alkyl halides is 3. The molecule has 0 saturated heterocycles. The molecule has 1 aliphatic rings. The van der Waals surface area contributed by atoms with E-state index in [0.29, 0.717) is 5.57 Å². The lowest BCUT2D eigenvalue weighted by Crippen LogP contribution is -2.36. The molecule has 3 nitrogen and oxygen atoms in total. The predicted octanol–water partition coefficient (Wildman–Crippen LogP) is 2.13. The highest BCUT2D eigenvalue weighted by molar-refractivity contribution is 5.87. The van der Waals surface area contributed by atoms with E-state index in [-0.39, 0.29) is 12.6 Å². The maximum atomic E-state index is 12.3. The number of hydrogen-bond acceptors (Lipinski definition) is 3. The summed E-state index contributed by atoms with van der Waals surface area (Å²) in [5.74, 6) is -0.507. The Morgan fingerprint density at radius 2 is 2.06 bits per heavy atom. The van der Waals surface area contributed by atoms with Crippen molar-refractivity contribution in [2.45, 2.75) is 32.0 Å². The molecule has 0 bridgehead atoms. The smallest absolute Gasteiger partial charge is 0.401 e. The van der Waals surface area contributed by atoms with E-state index in [1.807, 2.05) is 0 Å². The summed E-state index contributed by atoms with van der Waals surface area (Å²) in [4.78, 5) is 12.4. The molecule has 1 fully saturated rings. The Morgan fingerprint density at radius 3 is 2.47 bits per heavy atom. The number of carbonyl (C=O) groups is 1. The van der Waals surface area contributed by atoms with E-state index in [0.717, 1.165) is 12.8 Å². The van der Waals surface area contributed by atoms with Crippen LogP contribution in [0.2, 0.25) is 0 Å². The quantitative estimate of drug-likeness (QED) is 0.554. The first-order valence-electron chi connectivity index (χ1n) is 5.39. The molecule has 0 heterocycles. The van der Waals surface area contributed by atoms with Crippen molar-refractivity contribution < 1.29 is 22.7 Å². The van der Waals surface area contributed by atoms with Gasteiger partial charge in [0, 0.05) is 18.2 Å². The minimum absolute atomic E-state index is 0.00155. The number of esters is 1. The van der Waals surface area contributed by atoms with Crippen LogP contribution in [0.25, 0.3) is 0 Å². The van der Waals surface area contributed by atoms with Crippen LogP contribution in [0, 0.1) is 0 Å². The summed E-state index contributed by atoms with van der Waals surface area (Å²) in [6.07, 6.45) is -1.13. The van der Waals surface area contributed by atoms with E-state index in [2.05, 4.69) is 4.74 Å². The molecule has 0 spiro atoms. The molecular formula is C11H16F3NO2. The molecule has 0 aromatic heterocycles. The Morgan fingerprint density at radius 1 is 1.47 bits per heavy atom. The second-order valence-corrected chi connectivity index (χ2v) is 4.15. The molecule has 0 aliphatic heterocycles. The maximum Gasteiger partial charge on any atom is 0.401 e. The SMILES string of the molecule is COC(=O)C(C)=CCN(CC(F)(F)F)C1CC1. The van der Waals surface area contributed by atoms with Crippen molar-refractivity contribution in [3.63, 3.8) is 0 Å². The second kappa shape index (κ2) is 5.53. The standard InChI is InChI=1S/C11H16F3NO2/c1-8(10(16)17-2)5-6-15(9-3-4-9)7-11(12,13)14/h5,9H,3-4,6-7H2,1-2H3. The summed E-state index contributed by atoms with van der Waals surface area (Å²) in [5, 5.41) is 0. The average Bonchev–Trinajstić information content (AvgIpc) is 3.04. The van der Waals surface area contributed by atoms with Gasteiger partial charge in [-0.2, -0.15) is 13.2 Å². The van der Waals surface area contributed by atoms with Crippen molar-refractivity contribution in [1.29, 1.82) is 0 Å². The van der Waals surface area contributed by atoms with Crippen LogP contribution in [0.3, 0.4) is 0 Å². The molecule has 0 unspecified atom stereocenters. The van der Waals surface area contributed by atoms with Crippen molar-refractivity contribution in [2.75, 3.05) is 20.2 Å². The van der Waals surface area contributed by atoms with Gasteiger partial charge in [0.2, 0.25) is 0 Å². The third-order valence-electron chi connectivity index (χ3n) is 2.58. The summed E-state index contributed by atoms with van der Waals surface area (Å²) in [5.41, 5.74) is 0.334. The van der Waals surface area contributed by atoms with E-state index < -0.39 is 18.7 Å². The van der Waals surface area contributed by atoms with Crippen LogP contribution in [0.15, 0.2) is 11.6 Å². The summed E-state index contributed by atoms with van der Waals surface area (Å²) in [6.45, 7) is 0.734. The maximum absolute atomic E-state index is 12.3. The molecule has 0 amide bonds. The fourth-order valence-electron chi connectivity index (χ4n) is 1.51. The molecule has 0 atom stereocenters. The molecule has 1 saturated carbocycles. The number of ether oxygens (including phenoxy) is 1. The van der Waals surface area contributed by atoms with Gasteiger partial charge in [-0.25, -0.2) is 4.79 Å². The van der Waals surface area contributed by atoms with E-state index in [9.17, 15) is 18.0 Å². The minimum Gasteiger partial charge on any atom is -0.466 e. The van der Waals surface area contributed by atoms with Gasteiger partial charge in [0.15, 0.2) is 0 Å². The van der Waals surface area contributed by atoms with Crippen LogP contribution in [0.5, 0.6) is 0 Å². The first-order chi connectivity index (χ1) is 7.83. The van der Waals surface area contributed by atoms with Crippen LogP contribution in [-0.4, -0.2) is 43.3 Å². The zero-order valence-electron chi connectivity index (χ0n) is 9.88. The van der Waals surface area contributed by atoms with Gasteiger partial charge < -0.3 is 4.74 Å². The van der Waals surface area contributed by atoms with Crippen molar-refractivity contribution in [3.05, 3.63) is 11.6 Å². The lowest BCUT2D eigenvalue weighted by atomic mass is 10.2. The lowest BCUT2D eigenvalue weighted by Gasteiger charge is -2.21. The zero-order chi connectivity index (χ0) is 13.1. The fourth-order valence-corrected chi connectivity index (χ4v) is 1.51. The molecule has 0 aromatic carbocycles. The molecule has 1 aliphatic carbocycles. The van der Waals surface area contributed by atoms with Crippen molar-refractivity contribution in [2.24, 2.45) is 0 Å². The van der Waals surface area contributed by atoms with Gasteiger partial charge in [0.1, 0.15) is 0 Å². The molecular weight excluding hydrogens is 235 g/mol. The molecule has 6 heteroatoms. The first-order valence-corrected chi connectivity index (χ1v) is 5.39. The Kier molecular flexibility index (Phi) is 4.56. The van der Waals surface area contributed by atoms with Gasteiger partial charge in [0.25, 0.3) is 0 Å². The summed E-state index contributed by atoms with van der Waals surface area (Å²) < 4.78 is 41.3. The number of carbonyl (C=O) groups excluding carboxylic acids is 1. The zero-order valence-corrected chi connectivity index (χ0v) is 9.88. The first kappa shape index (κ1) is 14.0. The highest BCUT2D eigenvalue weighted by Gasteiger charge is 2.37. The summed E-state index contributed by atoms with van der Waals surface area (Å²) >= 11 is 0. The Hall–Kier alpha value is -1.04. The summed E-state index contributed by atoms with van der Waals surface area (Å²) in [6, 6.07) is -0.00155. The molecule has 98 valence electrons. The van der Waals surface area contributed by atoms with E-state index in [4.69, 9.17) is 0 Å². The van der Waals surface area contributed by atoms with Crippen molar-refractivity contribution in [1.82, 2.24) is 4.90 Å². The van der Waals surface area contributed by atoms with Crippen LogP contribution in [-0.2, 0) is 9.53 Å². The van der Waals surface area contributed by atoms with E-state index in [1.165, 1.54) is 25.0 Å². The van der Waals surface area contributed by atoms with Crippen LogP contribution in [0.4, 0.5) is 13.2 Å². The molecule has 1 rings (SSSR count). The largest absolute Gasteiger partial charge is 0.466 e. The molecule has 0 N–H and O–H groups in total. The molecule has 0 radical (unpaired) electrons. The fraction of sp³-hybridized carbons (Fsp3) is 0.727. The second-order valence-electron chi connectivity index (χ2n) is 4.15.